The Morgan fingerprint density at radius 2 is 1.00 bits per heavy atom. The molecule has 4 heterocycles. The number of benzene rings is 4. The van der Waals surface area contributed by atoms with Crippen molar-refractivity contribution >= 4 is 0 Å². The highest BCUT2D eigenvalue weighted by Crippen LogP contribution is 2.46. The SMILES string of the molecule is C=CC[C@]1(OC[C@H]2O[C@@H]3OC(C)(C)O[C@@H]3[C@H]3OC(C)(C)O[C@H]32)O[C@H](COCc2ccccc2)[C@H](OCc2ccccc2)[C@H](OCc2ccccc2)[C@H]1OCc1ccccc1. The summed E-state index contributed by atoms with van der Waals surface area (Å²) < 4.78 is 73.9. The zero-order chi connectivity index (χ0) is 41.6. The minimum atomic E-state index is -1.46. The summed E-state index contributed by atoms with van der Waals surface area (Å²) in [5, 5.41) is 0. The summed E-state index contributed by atoms with van der Waals surface area (Å²) >= 11 is 0. The Morgan fingerprint density at radius 3 is 1.57 bits per heavy atom. The van der Waals surface area contributed by atoms with Gasteiger partial charge in [0.05, 0.1) is 39.6 Å². The van der Waals surface area contributed by atoms with Gasteiger partial charge in [-0.15, -0.1) is 6.58 Å². The predicted octanol–water partition coefficient (Wildman–Crippen LogP) is 8.04. The first-order valence-electron chi connectivity index (χ1n) is 21.0. The summed E-state index contributed by atoms with van der Waals surface area (Å²) in [6.45, 7) is 13.1. The number of hydrogen-bond donors (Lipinski definition) is 0. The van der Waals surface area contributed by atoms with Gasteiger partial charge in [-0.3, -0.25) is 0 Å². The van der Waals surface area contributed by atoms with Crippen molar-refractivity contribution in [3.63, 3.8) is 0 Å². The molecule has 4 aromatic carbocycles. The van der Waals surface area contributed by atoms with Crippen LogP contribution in [0.5, 0.6) is 0 Å². The number of fused-ring (bicyclic) bond motifs is 3. The molecule has 60 heavy (non-hydrogen) atoms. The maximum Gasteiger partial charge on any atom is 0.201 e. The lowest BCUT2D eigenvalue weighted by molar-refractivity contribution is -0.388. The monoisotopic (exact) mass is 822 g/mol. The lowest BCUT2D eigenvalue weighted by Crippen LogP contribution is -2.68. The lowest BCUT2D eigenvalue weighted by Gasteiger charge is -2.52. The average molecular weight is 823 g/mol. The highest BCUT2D eigenvalue weighted by molar-refractivity contribution is 5.17. The molecule has 10 atom stereocenters. The zero-order valence-electron chi connectivity index (χ0n) is 35.0. The molecule has 11 nitrogen and oxygen atoms in total. The van der Waals surface area contributed by atoms with Gasteiger partial charge in [0.2, 0.25) is 5.79 Å². The van der Waals surface area contributed by atoms with Gasteiger partial charge in [-0.05, 0) is 49.9 Å². The first-order valence-corrected chi connectivity index (χ1v) is 21.0. The third kappa shape index (κ3) is 10.3. The van der Waals surface area contributed by atoms with Crippen LogP contribution in [-0.4, -0.2) is 85.7 Å². The van der Waals surface area contributed by atoms with Crippen LogP contribution in [0.4, 0.5) is 0 Å². The van der Waals surface area contributed by atoms with Crippen LogP contribution in [0.25, 0.3) is 0 Å². The van der Waals surface area contributed by atoms with Crippen LogP contribution in [-0.2, 0) is 78.5 Å². The molecule has 8 rings (SSSR count). The molecule has 4 aliphatic heterocycles. The summed E-state index contributed by atoms with van der Waals surface area (Å²) in [5.74, 6) is -3.21. The van der Waals surface area contributed by atoms with Gasteiger partial charge < -0.3 is 52.1 Å². The Bertz CT molecular complexity index is 1930. The second-order valence-electron chi connectivity index (χ2n) is 16.7. The van der Waals surface area contributed by atoms with Gasteiger partial charge in [0, 0.05) is 6.42 Å². The maximum atomic E-state index is 7.27. The molecular weight excluding hydrogens is 765 g/mol. The van der Waals surface area contributed by atoms with E-state index >= 15 is 0 Å². The summed E-state index contributed by atoms with van der Waals surface area (Å²) in [7, 11) is 0. The Morgan fingerprint density at radius 1 is 0.517 bits per heavy atom. The molecule has 0 amide bonds. The van der Waals surface area contributed by atoms with E-state index < -0.39 is 72.5 Å². The van der Waals surface area contributed by atoms with Gasteiger partial charge in [-0.2, -0.15) is 0 Å². The van der Waals surface area contributed by atoms with Crippen LogP contribution in [0.2, 0.25) is 0 Å². The smallest absolute Gasteiger partial charge is 0.201 e. The molecule has 4 aliphatic rings. The van der Waals surface area contributed by atoms with E-state index in [1.54, 1.807) is 6.08 Å². The van der Waals surface area contributed by atoms with E-state index in [0.717, 1.165) is 22.3 Å². The van der Waals surface area contributed by atoms with Gasteiger partial charge >= 0.3 is 0 Å². The molecule has 0 radical (unpaired) electrons. The van der Waals surface area contributed by atoms with Crippen LogP contribution in [0.1, 0.15) is 56.4 Å². The fourth-order valence-electron chi connectivity index (χ4n) is 8.51. The summed E-state index contributed by atoms with van der Waals surface area (Å²) in [5.41, 5.74) is 4.02. The molecule has 4 aromatic rings. The first-order chi connectivity index (χ1) is 29.1. The lowest BCUT2D eigenvalue weighted by atomic mass is 9.89. The largest absolute Gasteiger partial charge is 0.374 e. The highest BCUT2D eigenvalue weighted by Gasteiger charge is 2.62. The van der Waals surface area contributed by atoms with Crippen LogP contribution in [0, 0.1) is 0 Å². The van der Waals surface area contributed by atoms with Gasteiger partial charge in [0.15, 0.2) is 17.9 Å². The number of rotatable bonds is 18. The molecule has 0 aromatic heterocycles. The van der Waals surface area contributed by atoms with E-state index in [4.69, 9.17) is 52.1 Å². The van der Waals surface area contributed by atoms with E-state index in [-0.39, 0.29) is 32.8 Å². The topological polar surface area (TPSA) is 102 Å². The van der Waals surface area contributed by atoms with Crippen molar-refractivity contribution < 1.29 is 52.1 Å². The van der Waals surface area contributed by atoms with E-state index in [9.17, 15) is 0 Å². The van der Waals surface area contributed by atoms with Gasteiger partial charge in [0.1, 0.15) is 48.8 Å². The normalized spacial score (nSPS) is 31.6. The molecule has 0 unspecified atom stereocenters. The van der Waals surface area contributed by atoms with Gasteiger partial charge in [-0.1, -0.05) is 127 Å². The molecule has 4 fully saturated rings. The molecule has 0 N–H and O–H groups in total. The van der Waals surface area contributed by atoms with Crippen LogP contribution in [0.15, 0.2) is 134 Å². The number of hydrogen-bond acceptors (Lipinski definition) is 11. The van der Waals surface area contributed by atoms with Gasteiger partial charge in [-0.25, -0.2) is 0 Å². The van der Waals surface area contributed by atoms with Crippen molar-refractivity contribution in [2.75, 3.05) is 13.2 Å². The second-order valence-corrected chi connectivity index (χ2v) is 16.7. The second kappa shape index (κ2) is 19.1. The molecule has 11 heteroatoms. The Hall–Kier alpha value is -3.82. The van der Waals surface area contributed by atoms with Crippen molar-refractivity contribution in [1.29, 1.82) is 0 Å². The molecule has 320 valence electrons. The molecular formula is C49H58O11. The third-order valence-electron chi connectivity index (χ3n) is 11.2. The Kier molecular flexibility index (Phi) is 13.6. The standard InChI is InChI=1S/C49H58O11/c1-6-27-49(54-33-38-41-42(58-47(2,3)57-41)44-46(55-38)60-48(4,5)59-44)45(53-31-37-25-17-10-18-26-37)43(52-30-36-23-15-9-16-24-36)40(51-29-35-21-13-8-14-22-35)39(56-49)32-50-28-34-19-11-7-12-20-34/h6-26,38-46H,1,27-33H2,2-5H3/t38-,39-,40+,41+,42+,43+,44-,45-,46-,49+/m1/s1. The van der Waals surface area contributed by atoms with Crippen LogP contribution >= 0.6 is 0 Å². The van der Waals surface area contributed by atoms with Crippen LogP contribution < -0.4 is 0 Å². The van der Waals surface area contributed by atoms with Crippen molar-refractivity contribution in [3.8, 4) is 0 Å². The van der Waals surface area contributed by atoms with Crippen molar-refractivity contribution in [3.05, 3.63) is 156 Å². The summed E-state index contributed by atoms with van der Waals surface area (Å²) in [4.78, 5) is 0. The highest BCUT2D eigenvalue weighted by atomic mass is 16.9. The van der Waals surface area contributed by atoms with E-state index in [2.05, 4.69) is 6.58 Å². The fourth-order valence-corrected chi connectivity index (χ4v) is 8.51. The minimum Gasteiger partial charge on any atom is -0.374 e. The quantitative estimate of drug-likeness (QED) is 0.0912. The zero-order valence-corrected chi connectivity index (χ0v) is 35.0. The van der Waals surface area contributed by atoms with Crippen molar-refractivity contribution in [2.45, 2.75) is 133 Å². The average Bonchev–Trinajstić information content (AvgIpc) is 3.76. The number of ether oxygens (including phenoxy) is 11. The van der Waals surface area contributed by atoms with E-state index in [1.165, 1.54) is 0 Å². The van der Waals surface area contributed by atoms with Gasteiger partial charge in [0.25, 0.3) is 0 Å². The minimum absolute atomic E-state index is 0.0329. The summed E-state index contributed by atoms with van der Waals surface area (Å²) in [6, 6.07) is 40.2. The van der Waals surface area contributed by atoms with E-state index in [1.807, 2.05) is 149 Å². The predicted molar refractivity (Wildman–Crippen MR) is 222 cm³/mol. The van der Waals surface area contributed by atoms with Crippen molar-refractivity contribution in [2.24, 2.45) is 0 Å². The Balaban J connectivity index is 1.15. The third-order valence-corrected chi connectivity index (χ3v) is 11.2. The van der Waals surface area contributed by atoms with E-state index in [0.29, 0.717) is 13.2 Å². The summed E-state index contributed by atoms with van der Waals surface area (Å²) in [6.07, 6.45) is -3.63. The molecule has 4 saturated heterocycles. The molecule has 0 saturated carbocycles. The Labute approximate surface area is 353 Å². The maximum absolute atomic E-state index is 7.27. The fraction of sp³-hybridized carbons (Fsp3) is 0.469. The van der Waals surface area contributed by atoms with Crippen LogP contribution in [0.3, 0.4) is 0 Å². The molecule has 0 aliphatic carbocycles. The molecule has 0 bridgehead atoms. The molecule has 0 spiro atoms. The first kappa shape index (κ1) is 42.9. The van der Waals surface area contributed by atoms with Crippen molar-refractivity contribution in [1.82, 2.24) is 0 Å².